The van der Waals surface area contributed by atoms with Gasteiger partial charge in [-0.15, -0.1) is 0 Å². The molecule has 4 rings (SSSR count). The first-order valence-electron chi connectivity index (χ1n) is 13.7. The van der Waals surface area contributed by atoms with Crippen molar-refractivity contribution in [1.29, 1.82) is 0 Å². The maximum absolute atomic E-state index is 13.1. The first-order valence-corrected chi connectivity index (χ1v) is 13.7. The fourth-order valence-corrected chi connectivity index (χ4v) is 5.65. The van der Waals surface area contributed by atoms with E-state index in [1.807, 2.05) is 0 Å². The lowest BCUT2D eigenvalue weighted by Crippen LogP contribution is -2.51. The van der Waals surface area contributed by atoms with Crippen LogP contribution >= 0.6 is 0 Å². The van der Waals surface area contributed by atoms with Gasteiger partial charge in [0.15, 0.2) is 28.7 Å². The highest BCUT2D eigenvalue weighted by molar-refractivity contribution is 6.03. The van der Waals surface area contributed by atoms with Crippen molar-refractivity contribution in [2.75, 3.05) is 0 Å². The monoisotopic (exact) mass is 670 g/mol. The molecule has 17 heteroatoms. The molecule has 0 amide bonds. The number of rotatable bonds is 7. The van der Waals surface area contributed by atoms with E-state index < -0.39 is 118 Å². The molecule has 0 N–H and O–H groups in total. The Balaban J connectivity index is 0.000000309. The van der Waals surface area contributed by atoms with Gasteiger partial charge in [0.1, 0.15) is 12.2 Å². The lowest BCUT2D eigenvalue weighted by molar-refractivity contribution is -0.315. The zero-order chi connectivity index (χ0) is 34.6. The second kappa shape index (κ2) is 12.2. The van der Waals surface area contributed by atoms with Gasteiger partial charge in [-0.3, -0.25) is 14.4 Å². The minimum atomic E-state index is -5.89. The van der Waals surface area contributed by atoms with Gasteiger partial charge in [-0.2, -0.15) is 26.3 Å². The van der Waals surface area contributed by atoms with E-state index in [2.05, 4.69) is 4.74 Å². The molecule has 45 heavy (non-hydrogen) atoms. The molecule has 254 valence electrons. The van der Waals surface area contributed by atoms with Gasteiger partial charge in [-0.25, -0.2) is 22.0 Å². The Labute approximate surface area is 249 Å². The predicted molar refractivity (Wildman–Crippen MR) is 129 cm³/mol. The van der Waals surface area contributed by atoms with Gasteiger partial charge in [-0.05, 0) is 45.4 Å². The number of esters is 3. The van der Waals surface area contributed by atoms with Crippen LogP contribution in [0.5, 0.6) is 0 Å². The summed E-state index contributed by atoms with van der Waals surface area (Å²) >= 11 is 0. The molecule has 3 aliphatic rings. The quantitative estimate of drug-likeness (QED) is 0.0762. The maximum atomic E-state index is 13.1. The highest BCUT2D eigenvalue weighted by atomic mass is 19.4. The number of hydrogen-bond donors (Lipinski definition) is 0. The number of ether oxygens (including phenoxy) is 3. The van der Waals surface area contributed by atoms with Gasteiger partial charge in [-0.1, -0.05) is 20.8 Å². The van der Waals surface area contributed by atoms with Gasteiger partial charge in [0, 0.05) is 17.4 Å². The van der Waals surface area contributed by atoms with Gasteiger partial charge >= 0.3 is 30.3 Å². The molecule has 6 nitrogen and oxygen atoms in total. The molecule has 2 aliphatic carbocycles. The van der Waals surface area contributed by atoms with E-state index in [-0.39, 0.29) is 6.42 Å². The SMILES string of the molecule is CCC(C)(C)C(=O)OC1C2CC3C1OC(=O)C3(C(=O)OC(C(F)(F)F)C(F)(F)F)C2.CCC(C)c1c(F)c(F)c(F)c(F)c1F. The summed E-state index contributed by atoms with van der Waals surface area (Å²) < 4.78 is 155. The number of alkyl halides is 6. The van der Waals surface area contributed by atoms with Crippen LogP contribution in [0.2, 0.25) is 0 Å². The van der Waals surface area contributed by atoms with Crippen LogP contribution in [0.3, 0.4) is 0 Å². The van der Waals surface area contributed by atoms with Crippen molar-refractivity contribution in [3.05, 3.63) is 34.6 Å². The highest BCUT2D eigenvalue weighted by Gasteiger charge is 2.76. The molecule has 3 fully saturated rings. The molecule has 1 heterocycles. The number of hydrogen-bond acceptors (Lipinski definition) is 6. The van der Waals surface area contributed by atoms with E-state index in [9.17, 15) is 62.7 Å². The molecule has 6 atom stereocenters. The number of fused-ring (bicyclic) bond motifs is 1. The topological polar surface area (TPSA) is 78.9 Å². The van der Waals surface area contributed by atoms with E-state index in [1.54, 1.807) is 27.7 Å². The third kappa shape index (κ3) is 6.31. The molecule has 1 aromatic carbocycles. The Morgan fingerprint density at radius 3 is 1.84 bits per heavy atom. The molecule has 2 bridgehead atoms. The van der Waals surface area contributed by atoms with Crippen LogP contribution in [-0.4, -0.2) is 48.6 Å². The van der Waals surface area contributed by atoms with Gasteiger partial charge in [0.2, 0.25) is 5.82 Å². The summed E-state index contributed by atoms with van der Waals surface area (Å²) in [6, 6.07) is 0. The Morgan fingerprint density at radius 2 is 1.40 bits per heavy atom. The van der Waals surface area contributed by atoms with Gasteiger partial charge in [0.25, 0.3) is 6.10 Å². The van der Waals surface area contributed by atoms with E-state index in [0.29, 0.717) is 12.8 Å². The Bertz CT molecular complexity index is 1300. The highest BCUT2D eigenvalue weighted by Crippen LogP contribution is 2.63. The summed E-state index contributed by atoms with van der Waals surface area (Å²) in [6.07, 6.45) is -17.8. The zero-order valence-electron chi connectivity index (χ0n) is 24.4. The van der Waals surface area contributed by atoms with Crippen LogP contribution in [0.15, 0.2) is 0 Å². The van der Waals surface area contributed by atoms with E-state index >= 15 is 0 Å². The summed E-state index contributed by atoms with van der Waals surface area (Å²) in [5.74, 6) is -15.4. The van der Waals surface area contributed by atoms with Crippen molar-refractivity contribution < 1.29 is 76.9 Å². The Kier molecular flexibility index (Phi) is 9.87. The van der Waals surface area contributed by atoms with Crippen molar-refractivity contribution in [3.63, 3.8) is 0 Å². The van der Waals surface area contributed by atoms with Crippen LogP contribution < -0.4 is 0 Å². The molecular formula is C28H29F11O6. The second-order valence-corrected chi connectivity index (χ2v) is 11.9. The van der Waals surface area contributed by atoms with E-state index in [1.165, 1.54) is 6.92 Å². The lowest BCUT2D eigenvalue weighted by atomic mass is 9.73. The molecule has 2 saturated carbocycles. The molecule has 0 spiro atoms. The fourth-order valence-electron chi connectivity index (χ4n) is 5.65. The standard InChI is InChI=1S/C18H20F6O6.C10H9F5/c1-4-15(2,3)12(25)28-9-7-5-8-10(9)29-13(26)16(8,6-7)14(27)30-11(17(19,20)21)18(22,23)24;1-3-4(2)5-6(11)8(13)10(15)9(14)7(5)12/h7-11H,4-6H2,1-3H3;4H,3H2,1-2H3. The van der Waals surface area contributed by atoms with E-state index in [4.69, 9.17) is 9.47 Å². The van der Waals surface area contributed by atoms with Gasteiger partial charge < -0.3 is 14.2 Å². The van der Waals surface area contributed by atoms with Crippen molar-refractivity contribution in [1.82, 2.24) is 0 Å². The molecule has 1 aliphatic heterocycles. The molecule has 1 saturated heterocycles. The first-order chi connectivity index (χ1) is 20.5. The van der Waals surface area contributed by atoms with Crippen molar-refractivity contribution in [3.8, 4) is 0 Å². The van der Waals surface area contributed by atoms with Gasteiger partial charge in [0.05, 0.1) is 5.41 Å². The Morgan fingerprint density at radius 1 is 0.911 bits per heavy atom. The largest absolute Gasteiger partial charge is 0.458 e. The number of benzene rings is 1. The Hall–Kier alpha value is -3.14. The first kappa shape index (κ1) is 36.3. The summed E-state index contributed by atoms with van der Waals surface area (Å²) in [5, 5.41) is 0. The molecule has 0 aromatic heterocycles. The smallest absolute Gasteiger partial charge is 0.434 e. The minimum absolute atomic E-state index is 0.0821. The molecular weight excluding hydrogens is 641 g/mol. The number of carbonyl (C=O) groups excluding carboxylic acids is 3. The normalized spacial score (nSPS) is 26.4. The predicted octanol–water partition coefficient (Wildman–Crippen LogP) is 7.22. The summed E-state index contributed by atoms with van der Waals surface area (Å²) in [6.45, 7) is 8.04. The van der Waals surface area contributed by atoms with Crippen molar-refractivity contribution in [2.45, 2.75) is 96.9 Å². The zero-order valence-corrected chi connectivity index (χ0v) is 24.4. The lowest BCUT2D eigenvalue weighted by Gasteiger charge is -2.33. The second-order valence-electron chi connectivity index (χ2n) is 11.9. The molecule has 6 unspecified atom stereocenters. The maximum Gasteiger partial charge on any atom is 0.434 e. The fraction of sp³-hybridized carbons (Fsp3) is 0.679. The third-order valence-electron chi connectivity index (χ3n) is 8.78. The summed E-state index contributed by atoms with van der Waals surface area (Å²) in [7, 11) is 0. The molecule has 0 radical (unpaired) electrons. The summed E-state index contributed by atoms with van der Waals surface area (Å²) in [4.78, 5) is 37.2. The van der Waals surface area contributed by atoms with Crippen LogP contribution in [0, 0.1) is 51.8 Å². The third-order valence-corrected chi connectivity index (χ3v) is 8.78. The minimum Gasteiger partial charge on any atom is -0.458 e. The average molecular weight is 671 g/mol. The van der Waals surface area contributed by atoms with E-state index in [0.717, 1.165) is 0 Å². The van der Waals surface area contributed by atoms with Crippen molar-refractivity contribution >= 4 is 17.9 Å². The van der Waals surface area contributed by atoms with Crippen LogP contribution in [0.1, 0.15) is 71.8 Å². The van der Waals surface area contributed by atoms with Crippen LogP contribution in [0.25, 0.3) is 0 Å². The van der Waals surface area contributed by atoms with Crippen LogP contribution in [0.4, 0.5) is 48.3 Å². The van der Waals surface area contributed by atoms with Crippen LogP contribution in [-0.2, 0) is 28.6 Å². The van der Waals surface area contributed by atoms with Crippen molar-refractivity contribution in [2.24, 2.45) is 22.7 Å². The summed E-state index contributed by atoms with van der Waals surface area (Å²) in [5.41, 5.74) is -3.84. The number of halogens is 11. The molecule has 1 aromatic rings. The average Bonchev–Trinajstić information content (AvgIpc) is 3.55. The number of carbonyl (C=O) groups is 3.